The molecule has 0 aliphatic heterocycles. The summed E-state index contributed by atoms with van der Waals surface area (Å²) in [6, 6.07) is 15.1. The lowest BCUT2D eigenvalue weighted by Crippen LogP contribution is -2.15. The average Bonchev–Trinajstić information content (AvgIpc) is 3.48. The summed E-state index contributed by atoms with van der Waals surface area (Å²) >= 11 is 0. The van der Waals surface area contributed by atoms with Gasteiger partial charge in [-0.3, -0.25) is 9.97 Å². The standard InChI is InChI=1S/C29H33N3O2/c1-29(2,3)22-13-20(26-6-4-5-11-31-26)12-21(14-22)27-15-18-7-9-23-24(10-8-19(18)16-32-27)25(23)17-34-28(30)33/h4-6,11-16,23-25H,7-10,17H2,1-3H3,(H2,30,33)/t23-,24+,25+/m1/s1. The number of carbonyl (C=O) groups excluding carboxylic acids is 1. The summed E-state index contributed by atoms with van der Waals surface area (Å²) in [6.45, 7) is 7.19. The molecule has 3 atom stereocenters. The molecular weight excluding hydrogens is 422 g/mol. The fourth-order valence-corrected chi connectivity index (χ4v) is 5.48. The van der Waals surface area contributed by atoms with Crippen LogP contribution < -0.4 is 5.73 Å². The minimum Gasteiger partial charge on any atom is -0.449 e. The van der Waals surface area contributed by atoms with Gasteiger partial charge in [0.1, 0.15) is 0 Å². The van der Waals surface area contributed by atoms with Gasteiger partial charge in [0.25, 0.3) is 0 Å². The molecule has 1 fully saturated rings. The number of hydrogen-bond acceptors (Lipinski definition) is 4. The molecule has 34 heavy (non-hydrogen) atoms. The average molecular weight is 456 g/mol. The van der Waals surface area contributed by atoms with Crippen LogP contribution in [0.1, 0.15) is 50.3 Å². The molecule has 1 aromatic carbocycles. The van der Waals surface area contributed by atoms with E-state index in [1.165, 1.54) is 16.7 Å². The molecule has 0 spiro atoms. The van der Waals surface area contributed by atoms with Gasteiger partial charge in [-0.25, -0.2) is 4.79 Å². The van der Waals surface area contributed by atoms with Crippen LogP contribution in [0.15, 0.2) is 54.9 Å². The van der Waals surface area contributed by atoms with Crippen molar-refractivity contribution in [3.63, 3.8) is 0 Å². The smallest absolute Gasteiger partial charge is 0.404 e. The number of primary amides is 1. The number of aromatic nitrogens is 2. The number of carbonyl (C=O) groups is 1. The Labute approximate surface area is 201 Å². The lowest BCUT2D eigenvalue weighted by Gasteiger charge is -2.22. The zero-order chi connectivity index (χ0) is 23.9. The lowest BCUT2D eigenvalue weighted by molar-refractivity contribution is 0.147. The van der Waals surface area contributed by atoms with Crippen LogP contribution in [-0.4, -0.2) is 22.7 Å². The molecular formula is C29H33N3O2. The zero-order valence-electron chi connectivity index (χ0n) is 20.3. The van der Waals surface area contributed by atoms with Crippen molar-refractivity contribution in [2.75, 3.05) is 6.61 Å². The van der Waals surface area contributed by atoms with E-state index in [1.54, 1.807) is 0 Å². The zero-order valence-corrected chi connectivity index (χ0v) is 20.3. The van der Waals surface area contributed by atoms with Crippen molar-refractivity contribution in [2.24, 2.45) is 23.5 Å². The number of nitrogens with zero attached hydrogens (tertiary/aromatic N) is 2. The summed E-state index contributed by atoms with van der Waals surface area (Å²) in [5.74, 6) is 1.72. The van der Waals surface area contributed by atoms with E-state index in [4.69, 9.17) is 15.5 Å². The molecule has 2 N–H and O–H groups in total. The first-order chi connectivity index (χ1) is 16.3. The molecule has 5 rings (SSSR count). The minimum absolute atomic E-state index is 0.0200. The second kappa shape index (κ2) is 8.86. The number of nitrogens with two attached hydrogens (primary N) is 1. The Morgan fingerprint density at radius 1 is 0.971 bits per heavy atom. The summed E-state index contributed by atoms with van der Waals surface area (Å²) in [5, 5.41) is 0. The Morgan fingerprint density at radius 2 is 1.68 bits per heavy atom. The number of aryl methyl sites for hydroxylation is 2. The van der Waals surface area contributed by atoms with Crippen molar-refractivity contribution in [1.29, 1.82) is 0 Å². The Bertz CT molecular complexity index is 1200. The molecule has 0 bridgehead atoms. The highest BCUT2D eigenvalue weighted by Crippen LogP contribution is 2.53. The topological polar surface area (TPSA) is 78.1 Å². The van der Waals surface area contributed by atoms with E-state index in [-0.39, 0.29) is 5.41 Å². The second-order valence-corrected chi connectivity index (χ2v) is 10.8. The summed E-state index contributed by atoms with van der Waals surface area (Å²) in [4.78, 5) is 20.5. The Morgan fingerprint density at radius 3 is 2.32 bits per heavy atom. The van der Waals surface area contributed by atoms with Gasteiger partial charge >= 0.3 is 6.09 Å². The summed E-state index contributed by atoms with van der Waals surface area (Å²) in [6.07, 6.45) is 7.55. The fourth-order valence-electron chi connectivity index (χ4n) is 5.48. The third kappa shape index (κ3) is 4.70. The van der Waals surface area contributed by atoms with Gasteiger partial charge in [-0.2, -0.15) is 0 Å². The van der Waals surface area contributed by atoms with Crippen molar-refractivity contribution in [3.8, 4) is 22.5 Å². The van der Waals surface area contributed by atoms with E-state index in [0.717, 1.165) is 48.2 Å². The number of rotatable bonds is 4. The van der Waals surface area contributed by atoms with Crippen LogP contribution in [0.3, 0.4) is 0 Å². The van der Waals surface area contributed by atoms with Crippen molar-refractivity contribution in [1.82, 2.24) is 9.97 Å². The van der Waals surface area contributed by atoms with E-state index >= 15 is 0 Å². The van der Waals surface area contributed by atoms with Crippen LogP contribution in [0, 0.1) is 17.8 Å². The molecule has 2 aliphatic rings. The van der Waals surface area contributed by atoms with Gasteiger partial charge in [0.2, 0.25) is 0 Å². The number of benzene rings is 1. The molecule has 1 saturated carbocycles. The Hall–Kier alpha value is -3.21. The fraction of sp³-hybridized carbons (Fsp3) is 0.414. The van der Waals surface area contributed by atoms with Crippen LogP contribution >= 0.6 is 0 Å². The first-order valence-electron chi connectivity index (χ1n) is 12.3. The molecule has 2 heterocycles. The molecule has 1 amide bonds. The van der Waals surface area contributed by atoms with Crippen molar-refractivity contribution >= 4 is 6.09 Å². The monoisotopic (exact) mass is 455 g/mol. The summed E-state index contributed by atoms with van der Waals surface area (Å²) < 4.78 is 5.10. The van der Waals surface area contributed by atoms with Gasteiger partial charge in [-0.05, 0) is 102 Å². The molecule has 5 heteroatoms. The van der Waals surface area contributed by atoms with Gasteiger partial charge in [0.15, 0.2) is 0 Å². The predicted molar refractivity (Wildman–Crippen MR) is 134 cm³/mol. The molecule has 2 aromatic heterocycles. The minimum atomic E-state index is -0.668. The molecule has 176 valence electrons. The number of ether oxygens (including phenoxy) is 1. The van der Waals surface area contributed by atoms with Crippen LogP contribution in [0.25, 0.3) is 22.5 Å². The highest BCUT2D eigenvalue weighted by molar-refractivity contribution is 5.72. The van der Waals surface area contributed by atoms with Gasteiger partial charge in [0.05, 0.1) is 18.0 Å². The van der Waals surface area contributed by atoms with Crippen LogP contribution in [0.2, 0.25) is 0 Å². The lowest BCUT2D eigenvalue weighted by atomic mass is 9.84. The van der Waals surface area contributed by atoms with Gasteiger partial charge in [0, 0.05) is 23.5 Å². The highest BCUT2D eigenvalue weighted by Gasteiger charge is 2.49. The first kappa shape index (κ1) is 22.6. The predicted octanol–water partition coefficient (Wildman–Crippen LogP) is 5.94. The number of amides is 1. The third-order valence-corrected chi connectivity index (χ3v) is 7.56. The highest BCUT2D eigenvalue weighted by atomic mass is 16.5. The maximum absolute atomic E-state index is 11.0. The van der Waals surface area contributed by atoms with Crippen LogP contribution in [0.4, 0.5) is 4.79 Å². The summed E-state index contributed by atoms with van der Waals surface area (Å²) in [7, 11) is 0. The maximum atomic E-state index is 11.0. The normalized spacial score (nSPS) is 21.6. The van der Waals surface area contributed by atoms with E-state index in [0.29, 0.717) is 24.4 Å². The Kier molecular flexibility index (Phi) is 5.88. The van der Waals surface area contributed by atoms with Gasteiger partial charge in [-0.15, -0.1) is 0 Å². The molecule has 0 radical (unpaired) electrons. The number of fused-ring (bicyclic) bond motifs is 2. The molecule has 0 unspecified atom stereocenters. The SMILES string of the molecule is CC(C)(C)c1cc(-c2ccccn2)cc(-c2cc3c(cn2)CC[C@H]2[C@@H](CC3)[C@@H]2COC(N)=O)c1. The number of hydrogen-bond donors (Lipinski definition) is 1. The van der Waals surface area contributed by atoms with Crippen molar-refractivity contribution in [3.05, 3.63) is 71.5 Å². The van der Waals surface area contributed by atoms with Crippen molar-refractivity contribution in [2.45, 2.75) is 51.9 Å². The van der Waals surface area contributed by atoms with Crippen molar-refractivity contribution < 1.29 is 9.53 Å². The largest absolute Gasteiger partial charge is 0.449 e. The van der Waals surface area contributed by atoms with E-state index in [1.807, 2.05) is 18.3 Å². The second-order valence-electron chi connectivity index (χ2n) is 10.8. The molecule has 5 nitrogen and oxygen atoms in total. The van der Waals surface area contributed by atoms with Gasteiger partial charge in [-0.1, -0.05) is 26.8 Å². The molecule has 3 aromatic rings. The summed E-state index contributed by atoms with van der Waals surface area (Å²) in [5.41, 5.74) is 13.5. The Balaban J connectivity index is 1.44. The van der Waals surface area contributed by atoms with E-state index < -0.39 is 6.09 Å². The maximum Gasteiger partial charge on any atom is 0.404 e. The first-order valence-corrected chi connectivity index (χ1v) is 12.3. The molecule has 0 saturated heterocycles. The third-order valence-electron chi connectivity index (χ3n) is 7.56. The molecule has 2 aliphatic carbocycles. The van der Waals surface area contributed by atoms with Gasteiger partial charge < -0.3 is 10.5 Å². The van der Waals surface area contributed by atoms with Crippen LogP contribution in [0.5, 0.6) is 0 Å². The quantitative estimate of drug-likeness (QED) is 0.528. The van der Waals surface area contributed by atoms with Crippen LogP contribution in [-0.2, 0) is 23.0 Å². The number of pyridine rings is 2. The van der Waals surface area contributed by atoms with E-state index in [9.17, 15) is 4.79 Å². The van der Waals surface area contributed by atoms with E-state index in [2.05, 4.69) is 62.3 Å².